The first kappa shape index (κ1) is 19.5. The lowest BCUT2D eigenvalue weighted by Crippen LogP contribution is -2.31. The van der Waals surface area contributed by atoms with Crippen molar-refractivity contribution in [2.24, 2.45) is 0 Å². The van der Waals surface area contributed by atoms with Crippen LogP contribution in [0.3, 0.4) is 0 Å². The second kappa shape index (κ2) is 10.1. The Labute approximate surface area is 161 Å². The molecule has 1 heterocycles. The molecule has 144 valence electrons. The second-order valence-electron chi connectivity index (χ2n) is 6.99. The number of aryl methyl sites for hydroxylation is 2. The first-order chi connectivity index (χ1) is 13.3. The molecule has 1 unspecified atom stereocenters. The molecule has 0 radical (unpaired) electrons. The normalized spacial score (nSPS) is 12.4. The minimum absolute atomic E-state index is 0.316. The summed E-state index contributed by atoms with van der Waals surface area (Å²) < 4.78 is 5.90. The Bertz CT molecular complexity index is 828. The number of aromatic nitrogens is 1. The van der Waals surface area contributed by atoms with E-state index in [-0.39, 0.29) is 0 Å². The number of fused-ring (bicyclic) bond motifs is 1. The molecule has 4 heteroatoms. The first-order valence-electron chi connectivity index (χ1n) is 9.92. The number of ether oxygens (including phenoxy) is 1. The summed E-state index contributed by atoms with van der Waals surface area (Å²) in [5.74, 6) is 0.881. The summed E-state index contributed by atoms with van der Waals surface area (Å²) in [6, 6.07) is 16.7. The molecule has 0 bridgehead atoms. The summed E-state index contributed by atoms with van der Waals surface area (Å²) in [5, 5.41) is 14.6. The molecular weight excluding hydrogens is 336 g/mol. The molecule has 0 aliphatic rings. The SMILES string of the molecule is CCCNCC(O)COc1ccccc1CCCc1cccc2[nH]ccc12. The molecule has 0 saturated carbocycles. The molecule has 1 aromatic heterocycles. The molecular formula is C23H30N2O2. The predicted octanol–water partition coefficient (Wildman–Crippen LogP) is 4.08. The molecule has 0 amide bonds. The van der Waals surface area contributed by atoms with E-state index in [9.17, 15) is 5.11 Å². The van der Waals surface area contributed by atoms with Crippen molar-refractivity contribution in [3.8, 4) is 5.75 Å². The Kier molecular flexibility index (Phi) is 7.31. The maximum Gasteiger partial charge on any atom is 0.122 e. The zero-order chi connectivity index (χ0) is 18.9. The Morgan fingerprint density at radius 1 is 1.04 bits per heavy atom. The third-order valence-electron chi connectivity index (χ3n) is 4.79. The van der Waals surface area contributed by atoms with Gasteiger partial charge in [-0.15, -0.1) is 0 Å². The molecule has 3 N–H and O–H groups in total. The zero-order valence-corrected chi connectivity index (χ0v) is 16.1. The standard InChI is InChI=1S/C23H30N2O2/c1-2-14-24-16-20(26)17-27-23-12-4-3-7-19(23)10-5-8-18-9-6-11-22-21(18)13-15-25-22/h3-4,6-7,9,11-13,15,20,24-26H,2,5,8,10,14,16-17H2,1H3. The highest BCUT2D eigenvalue weighted by molar-refractivity contribution is 5.82. The minimum Gasteiger partial charge on any atom is -0.491 e. The highest BCUT2D eigenvalue weighted by atomic mass is 16.5. The van der Waals surface area contributed by atoms with Crippen molar-refractivity contribution in [3.05, 3.63) is 65.9 Å². The van der Waals surface area contributed by atoms with Crippen LogP contribution in [-0.4, -0.2) is 35.9 Å². The summed E-state index contributed by atoms with van der Waals surface area (Å²) in [6.45, 7) is 3.91. The van der Waals surface area contributed by atoms with Crippen LogP contribution in [0.5, 0.6) is 5.75 Å². The van der Waals surface area contributed by atoms with Crippen LogP contribution in [0.1, 0.15) is 30.9 Å². The van der Waals surface area contributed by atoms with Crippen molar-refractivity contribution >= 4 is 10.9 Å². The molecule has 0 saturated heterocycles. The van der Waals surface area contributed by atoms with Gasteiger partial charge in [-0.3, -0.25) is 0 Å². The molecule has 0 spiro atoms. The number of aliphatic hydroxyl groups is 1. The van der Waals surface area contributed by atoms with Crippen LogP contribution in [0, 0.1) is 0 Å². The van der Waals surface area contributed by atoms with E-state index in [0.717, 1.165) is 38.0 Å². The van der Waals surface area contributed by atoms with Crippen LogP contribution in [0.15, 0.2) is 54.7 Å². The summed E-state index contributed by atoms with van der Waals surface area (Å²) in [7, 11) is 0. The highest BCUT2D eigenvalue weighted by Crippen LogP contribution is 2.23. The van der Waals surface area contributed by atoms with E-state index in [1.54, 1.807) is 0 Å². The molecule has 2 aromatic carbocycles. The molecule has 0 fully saturated rings. The predicted molar refractivity (Wildman–Crippen MR) is 111 cm³/mol. The zero-order valence-electron chi connectivity index (χ0n) is 16.1. The van der Waals surface area contributed by atoms with E-state index in [2.05, 4.69) is 47.6 Å². The van der Waals surface area contributed by atoms with Gasteiger partial charge in [0.05, 0.1) is 0 Å². The van der Waals surface area contributed by atoms with Crippen LogP contribution in [-0.2, 0) is 12.8 Å². The van der Waals surface area contributed by atoms with Gasteiger partial charge in [0.15, 0.2) is 0 Å². The number of rotatable bonds is 11. The number of aliphatic hydroxyl groups excluding tert-OH is 1. The molecule has 4 nitrogen and oxygen atoms in total. The number of aromatic amines is 1. The lowest BCUT2D eigenvalue weighted by molar-refractivity contribution is 0.106. The van der Waals surface area contributed by atoms with Crippen LogP contribution >= 0.6 is 0 Å². The van der Waals surface area contributed by atoms with Gasteiger partial charge in [-0.25, -0.2) is 0 Å². The van der Waals surface area contributed by atoms with Crippen LogP contribution < -0.4 is 10.1 Å². The lowest BCUT2D eigenvalue weighted by atomic mass is 10.0. The monoisotopic (exact) mass is 366 g/mol. The van der Waals surface area contributed by atoms with E-state index in [0.29, 0.717) is 13.2 Å². The summed E-state index contributed by atoms with van der Waals surface area (Å²) in [6.07, 6.45) is 5.63. The van der Waals surface area contributed by atoms with Crippen molar-refractivity contribution in [2.75, 3.05) is 19.7 Å². The van der Waals surface area contributed by atoms with Gasteiger partial charge in [0.25, 0.3) is 0 Å². The van der Waals surface area contributed by atoms with Crippen molar-refractivity contribution < 1.29 is 9.84 Å². The van der Waals surface area contributed by atoms with Crippen molar-refractivity contribution in [3.63, 3.8) is 0 Å². The quantitative estimate of drug-likeness (QED) is 0.448. The first-order valence-corrected chi connectivity index (χ1v) is 9.92. The van der Waals surface area contributed by atoms with Gasteiger partial charge >= 0.3 is 0 Å². The average molecular weight is 367 g/mol. The molecule has 27 heavy (non-hydrogen) atoms. The van der Waals surface area contributed by atoms with E-state index in [4.69, 9.17) is 4.74 Å². The Hall–Kier alpha value is -2.30. The fourth-order valence-electron chi connectivity index (χ4n) is 3.38. The van der Waals surface area contributed by atoms with Gasteiger partial charge in [-0.2, -0.15) is 0 Å². The summed E-state index contributed by atoms with van der Waals surface area (Å²) in [5.41, 5.74) is 3.78. The van der Waals surface area contributed by atoms with E-state index < -0.39 is 6.10 Å². The van der Waals surface area contributed by atoms with Gasteiger partial charge in [-0.1, -0.05) is 37.3 Å². The van der Waals surface area contributed by atoms with Crippen LogP contribution in [0.25, 0.3) is 10.9 Å². The summed E-state index contributed by atoms with van der Waals surface area (Å²) in [4.78, 5) is 3.27. The Morgan fingerprint density at radius 3 is 2.74 bits per heavy atom. The number of para-hydroxylation sites is 1. The van der Waals surface area contributed by atoms with E-state index >= 15 is 0 Å². The third-order valence-corrected chi connectivity index (χ3v) is 4.79. The van der Waals surface area contributed by atoms with E-state index in [1.807, 2.05) is 24.4 Å². The van der Waals surface area contributed by atoms with Crippen molar-refractivity contribution in [1.29, 1.82) is 0 Å². The topological polar surface area (TPSA) is 57.3 Å². The molecule has 0 aliphatic heterocycles. The number of H-pyrrole nitrogens is 1. The Balaban J connectivity index is 1.52. The Morgan fingerprint density at radius 2 is 1.85 bits per heavy atom. The lowest BCUT2D eigenvalue weighted by Gasteiger charge is -2.15. The molecule has 3 aromatic rings. The second-order valence-corrected chi connectivity index (χ2v) is 6.99. The number of hydrogen-bond acceptors (Lipinski definition) is 3. The largest absolute Gasteiger partial charge is 0.491 e. The van der Waals surface area contributed by atoms with Crippen molar-refractivity contribution in [2.45, 2.75) is 38.7 Å². The number of hydrogen-bond donors (Lipinski definition) is 3. The minimum atomic E-state index is -0.490. The third kappa shape index (κ3) is 5.59. The van der Waals surface area contributed by atoms with E-state index in [1.165, 1.54) is 22.0 Å². The van der Waals surface area contributed by atoms with Crippen LogP contribution in [0.2, 0.25) is 0 Å². The molecule has 0 aliphatic carbocycles. The maximum atomic E-state index is 10.0. The van der Waals surface area contributed by atoms with Gasteiger partial charge in [-0.05, 0) is 61.6 Å². The fraction of sp³-hybridized carbons (Fsp3) is 0.391. The number of nitrogens with one attached hydrogen (secondary N) is 2. The van der Waals surface area contributed by atoms with Gasteiger partial charge in [0, 0.05) is 23.6 Å². The smallest absolute Gasteiger partial charge is 0.122 e. The average Bonchev–Trinajstić information content (AvgIpc) is 3.17. The highest BCUT2D eigenvalue weighted by Gasteiger charge is 2.08. The van der Waals surface area contributed by atoms with Gasteiger partial charge in [0.1, 0.15) is 18.5 Å². The van der Waals surface area contributed by atoms with Crippen molar-refractivity contribution in [1.82, 2.24) is 10.3 Å². The van der Waals surface area contributed by atoms with Crippen LogP contribution in [0.4, 0.5) is 0 Å². The fourth-order valence-corrected chi connectivity index (χ4v) is 3.38. The van der Waals surface area contributed by atoms with Gasteiger partial charge < -0.3 is 20.1 Å². The maximum absolute atomic E-state index is 10.0. The molecule has 1 atom stereocenters. The number of benzene rings is 2. The summed E-state index contributed by atoms with van der Waals surface area (Å²) >= 11 is 0. The molecule has 3 rings (SSSR count). The van der Waals surface area contributed by atoms with Gasteiger partial charge in [0.2, 0.25) is 0 Å².